The Labute approximate surface area is 180 Å². The zero-order valence-corrected chi connectivity index (χ0v) is 18.3. The molecule has 0 unspecified atom stereocenters. The van der Waals surface area contributed by atoms with Crippen LogP contribution in [0.2, 0.25) is 0 Å². The van der Waals surface area contributed by atoms with E-state index in [1.807, 2.05) is 11.9 Å². The van der Waals surface area contributed by atoms with Gasteiger partial charge in [0.05, 0.1) is 17.6 Å². The van der Waals surface area contributed by atoms with Crippen LogP contribution in [0, 0.1) is 6.92 Å². The van der Waals surface area contributed by atoms with E-state index in [2.05, 4.69) is 9.71 Å². The van der Waals surface area contributed by atoms with E-state index in [4.69, 9.17) is 9.15 Å². The number of aryl methyl sites for hydroxylation is 1. The lowest BCUT2D eigenvalue weighted by Gasteiger charge is -2.11. The van der Waals surface area contributed by atoms with Crippen molar-refractivity contribution >= 4 is 38.4 Å². The highest BCUT2D eigenvalue weighted by Gasteiger charge is 2.22. The average Bonchev–Trinajstić information content (AvgIpc) is 3.28. The highest BCUT2D eigenvalue weighted by atomic mass is 32.2. The van der Waals surface area contributed by atoms with Crippen LogP contribution in [0.5, 0.6) is 5.75 Å². The molecular weight excluding hydrogens is 418 g/mol. The molecule has 0 radical (unpaired) electrons. The van der Waals surface area contributed by atoms with E-state index in [1.54, 1.807) is 44.4 Å². The molecule has 1 saturated heterocycles. The molecule has 2 heterocycles. The second-order valence-corrected chi connectivity index (χ2v) is 8.99. The summed E-state index contributed by atoms with van der Waals surface area (Å²) in [6.45, 7) is 2.49. The average molecular weight is 442 g/mol. The minimum Gasteiger partial charge on any atom is -0.497 e. The fraction of sp³-hybridized carbons (Fsp3) is 0.273. The van der Waals surface area contributed by atoms with Crippen LogP contribution < -0.4 is 10.1 Å². The third kappa shape index (κ3) is 4.13. The Bertz CT molecular complexity index is 1290. The Morgan fingerprint density at radius 2 is 2.03 bits per heavy atom. The van der Waals surface area contributed by atoms with Crippen LogP contribution in [0.4, 0.5) is 5.69 Å². The van der Waals surface area contributed by atoms with Crippen molar-refractivity contribution in [3.63, 3.8) is 0 Å². The van der Waals surface area contributed by atoms with Crippen LogP contribution in [0.3, 0.4) is 0 Å². The Hall–Kier alpha value is -3.33. The first kappa shape index (κ1) is 20.9. The number of ether oxygens (including phenoxy) is 1. The summed E-state index contributed by atoms with van der Waals surface area (Å²) in [6.07, 6.45) is 1.51. The van der Waals surface area contributed by atoms with Crippen molar-refractivity contribution in [3.05, 3.63) is 53.8 Å². The molecule has 0 saturated carbocycles. The van der Waals surface area contributed by atoms with Crippen molar-refractivity contribution in [1.82, 2.24) is 4.90 Å². The van der Waals surface area contributed by atoms with Crippen LogP contribution in [-0.2, 0) is 10.0 Å². The largest absolute Gasteiger partial charge is 0.497 e. The summed E-state index contributed by atoms with van der Waals surface area (Å²) in [5.74, 6) is 1.21. The van der Waals surface area contributed by atoms with Gasteiger partial charge in [0.15, 0.2) is 0 Å². The van der Waals surface area contributed by atoms with Gasteiger partial charge in [0.2, 0.25) is 0 Å². The van der Waals surface area contributed by atoms with E-state index in [-0.39, 0.29) is 4.90 Å². The normalized spacial score (nSPS) is 15.6. The predicted octanol–water partition coefficient (Wildman–Crippen LogP) is 3.81. The molecule has 162 valence electrons. The molecular formula is C22H23N3O5S. The molecule has 0 atom stereocenters. The molecule has 1 aromatic heterocycles. The number of fused-ring (bicyclic) bond motifs is 1. The number of hydrogen-bond acceptors (Lipinski definition) is 5. The molecule has 1 N–H and O–H groups in total. The van der Waals surface area contributed by atoms with Gasteiger partial charge in [-0.2, -0.15) is 8.42 Å². The molecule has 3 aromatic rings. The topological polar surface area (TPSA) is 101 Å². The van der Waals surface area contributed by atoms with Gasteiger partial charge in [-0.25, -0.2) is 0 Å². The van der Waals surface area contributed by atoms with Crippen LogP contribution >= 0.6 is 0 Å². The summed E-state index contributed by atoms with van der Waals surface area (Å²) < 4.78 is 40.4. The van der Waals surface area contributed by atoms with E-state index >= 15 is 0 Å². The Balaban J connectivity index is 1.63. The van der Waals surface area contributed by atoms with Gasteiger partial charge in [0, 0.05) is 31.1 Å². The van der Waals surface area contributed by atoms with Gasteiger partial charge in [0.1, 0.15) is 22.9 Å². The number of carbonyl (C=O) groups is 1. The number of nitrogens with one attached hydrogen (secondary N) is 1. The van der Waals surface area contributed by atoms with Gasteiger partial charge >= 0.3 is 0 Å². The van der Waals surface area contributed by atoms with Crippen molar-refractivity contribution in [2.45, 2.75) is 24.7 Å². The fourth-order valence-corrected chi connectivity index (χ4v) is 4.78. The zero-order valence-electron chi connectivity index (χ0n) is 17.5. The number of rotatable bonds is 5. The van der Waals surface area contributed by atoms with Crippen LogP contribution in [0.15, 0.2) is 56.2 Å². The minimum absolute atomic E-state index is 0.0218. The fourth-order valence-electron chi connectivity index (χ4n) is 3.64. The first-order valence-electron chi connectivity index (χ1n) is 9.82. The maximum absolute atomic E-state index is 13.0. The maximum atomic E-state index is 13.0. The number of likely N-dealkylation sites (tertiary alicyclic amines) is 1. The molecule has 4 rings (SSSR count). The summed E-state index contributed by atoms with van der Waals surface area (Å²) in [7, 11) is -0.509. The molecule has 1 aliphatic heterocycles. The van der Waals surface area contributed by atoms with Gasteiger partial charge in [0.25, 0.3) is 15.9 Å². The standard InChI is InChI=1S/C22H23N3O5S/c1-14-21(18-13-16(29-3)9-10-19(18)30-14)22(26)23-15-6-4-7-17(12-15)31(27,28)24-20-8-5-11-25(20)2/h4,6-7,9-10,12-13H,5,8,11H2,1-3H3,(H,23,26)/b24-20-. The molecule has 9 heteroatoms. The van der Waals surface area contributed by atoms with Crippen molar-refractivity contribution in [2.24, 2.45) is 4.40 Å². The number of methoxy groups -OCH3 is 1. The molecule has 0 bridgehead atoms. The quantitative estimate of drug-likeness (QED) is 0.646. The molecule has 1 amide bonds. The number of furan rings is 1. The first-order chi connectivity index (χ1) is 14.8. The minimum atomic E-state index is -3.88. The molecule has 8 nitrogen and oxygen atoms in total. The second-order valence-electron chi connectivity index (χ2n) is 7.38. The van der Waals surface area contributed by atoms with E-state index in [1.165, 1.54) is 12.1 Å². The number of hydrogen-bond donors (Lipinski definition) is 1. The molecule has 0 aliphatic carbocycles. The SMILES string of the molecule is COc1ccc2oc(C)c(C(=O)Nc3cccc(S(=O)(=O)/N=C4/CCCN4C)c3)c2c1. The zero-order chi connectivity index (χ0) is 22.2. The summed E-state index contributed by atoms with van der Waals surface area (Å²) in [5.41, 5.74) is 1.29. The highest BCUT2D eigenvalue weighted by Crippen LogP contribution is 2.30. The van der Waals surface area contributed by atoms with E-state index in [9.17, 15) is 13.2 Å². The Kier molecular flexibility index (Phi) is 5.45. The van der Waals surface area contributed by atoms with E-state index < -0.39 is 15.9 Å². The van der Waals surface area contributed by atoms with Gasteiger partial charge in [-0.3, -0.25) is 4.79 Å². The van der Waals surface area contributed by atoms with E-state index in [0.29, 0.717) is 46.0 Å². The smallest absolute Gasteiger partial charge is 0.284 e. The number of benzene rings is 2. The molecule has 2 aromatic carbocycles. The monoisotopic (exact) mass is 441 g/mol. The van der Waals surface area contributed by atoms with Crippen LogP contribution in [-0.4, -0.2) is 45.8 Å². The number of anilines is 1. The number of nitrogens with zero attached hydrogens (tertiary/aromatic N) is 2. The van der Waals surface area contributed by atoms with Crippen molar-refractivity contribution < 1.29 is 22.4 Å². The predicted molar refractivity (Wildman–Crippen MR) is 118 cm³/mol. The van der Waals surface area contributed by atoms with Gasteiger partial charge in [-0.05, 0) is 49.7 Å². The molecule has 1 aliphatic rings. The lowest BCUT2D eigenvalue weighted by molar-refractivity contribution is 0.102. The lowest BCUT2D eigenvalue weighted by Crippen LogP contribution is -2.20. The van der Waals surface area contributed by atoms with Crippen molar-refractivity contribution in [1.29, 1.82) is 0 Å². The van der Waals surface area contributed by atoms with Gasteiger partial charge < -0.3 is 19.4 Å². The lowest BCUT2D eigenvalue weighted by atomic mass is 10.1. The Morgan fingerprint density at radius 3 is 2.74 bits per heavy atom. The summed E-state index contributed by atoms with van der Waals surface area (Å²) in [4.78, 5) is 14.9. The first-order valence-corrected chi connectivity index (χ1v) is 11.3. The molecule has 31 heavy (non-hydrogen) atoms. The molecule has 0 spiro atoms. The third-order valence-corrected chi connectivity index (χ3v) is 6.55. The van der Waals surface area contributed by atoms with Crippen molar-refractivity contribution in [2.75, 3.05) is 26.0 Å². The van der Waals surface area contributed by atoms with Crippen LogP contribution in [0.25, 0.3) is 11.0 Å². The van der Waals surface area contributed by atoms with Crippen molar-refractivity contribution in [3.8, 4) is 5.75 Å². The van der Waals surface area contributed by atoms with Gasteiger partial charge in [-0.1, -0.05) is 6.07 Å². The molecule has 1 fully saturated rings. The third-order valence-electron chi connectivity index (χ3n) is 5.25. The van der Waals surface area contributed by atoms with Gasteiger partial charge in [-0.15, -0.1) is 4.40 Å². The summed E-state index contributed by atoms with van der Waals surface area (Å²) >= 11 is 0. The second kappa shape index (κ2) is 8.07. The van der Waals surface area contributed by atoms with E-state index in [0.717, 1.165) is 13.0 Å². The number of sulfonamides is 1. The number of amides is 1. The van der Waals surface area contributed by atoms with Crippen LogP contribution in [0.1, 0.15) is 29.0 Å². The number of carbonyl (C=O) groups excluding carboxylic acids is 1. The Morgan fingerprint density at radius 1 is 1.23 bits per heavy atom. The summed E-state index contributed by atoms with van der Waals surface area (Å²) in [5, 5.41) is 3.39. The summed E-state index contributed by atoms with van der Waals surface area (Å²) in [6, 6.07) is 11.3. The number of amidine groups is 1. The maximum Gasteiger partial charge on any atom is 0.284 e. The highest BCUT2D eigenvalue weighted by molar-refractivity contribution is 7.90.